The van der Waals surface area contributed by atoms with Crippen molar-refractivity contribution in [2.24, 2.45) is 7.05 Å². The Morgan fingerprint density at radius 3 is 2.58 bits per heavy atom. The Balaban J connectivity index is 2.03. The summed E-state index contributed by atoms with van der Waals surface area (Å²) in [5.41, 5.74) is 3.75. The molecule has 0 saturated heterocycles. The molecule has 1 heterocycles. The minimum absolute atomic E-state index is 0.422. The van der Waals surface area contributed by atoms with Crippen molar-refractivity contribution < 1.29 is 0 Å². The van der Waals surface area contributed by atoms with Gasteiger partial charge in [-0.25, -0.2) is 0 Å². The van der Waals surface area contributed by atoms with E-state index in [-0.39, 0.29) is 0 Å². The van der Waals surface area contributed by atoms with Crippen LogP contribution in [0, 0.1) is 6.92 Å². The highest BCUT2D eigenvalue weighted by Gasteiger charge is 2.11. The summed E-state index contributed by atoms with van der Waals surface area (Å²) in [6.45, 7) is 5.17. The molecule has 19 heavy (non-hydrogen) atoms. The first-order chi connectivity index (χ1) is 9.20. The maximum Gasteiger partial charge on any atom is 0.0638 e. The molecule has 1 atom stereocenters. The van der Waals surface area contributed by atoms with Gasteiger partial charge in [0.2, 0.25) is 0 Å². The van der Waals surface area contributed by atoms with Crippen LogP contribution in [-0.2, 0) is 13.6 Å². The van der Waals surface area contributed by atoms with Gasteiger partial charge in [0.15, 0.2) is 0 Å². The largest absolute Gasteiger partial charge is 0.306 e. The Hall–Kier alpha value is -1.61. The lowest BCUT2D eigenvalue weighted by molar-refractivity contribution is 0.493. The van der Waals surface area contributed by atoms with E-state index in [9.17, 15) is 0 Å². The van der Waals surface area contributed by atoms with E-state index in [1.165, 1.54) is 17.5 Å². The maximum atomic E-state index is 4.38. The highest BCUT2D eigenvalue weighted by Crippen LogP contribution is 2.19. The quantitative estimate of drug-likeness (QED) is 0.860. The second-order valence-corrected chi connectivity index (χ2v) is 5.05. The zero-order chi connectivity index (χ0) is 13.7. The predicted octanol–water partition coefficient (Wildman–Crippen LogP) is 3.36. The standard InChI is InChI=1S/C16H23N3/c1-4-8-16(14-9-6-5-7-10-14)17-11-15-12-19(3)18-13(15)2/h5-7,9-10,12,16-17H,4,8,11H2,1-3H3. The number of rotatable bonds is 6. The van der Waals surface area contributed by atoms with E-state index in [1.54, 1.807) is 0 Å². The maximum absolute atomic E-state index is 4.38. The lowest BCUT2D eigenvalue weighted by Gasteiger charge is -2.18. The summed E-state index contributed by atoms with van der Waals surface area (Å²) in [6.07, 6.45) is 4.43. The van der Waals surface area contributed by atoms with Crippen LogP contribution in [0.25, 0.3) is 0 Å². The number of aryl methyl sites for hydroxylation is 2. The highest BCUT2D eigenvalue weighted by molar-refractivity contribution is 5.20. The Morgan fingerprint density at radius 1 is 1.26 bits per heavy atom. The smallest absolute Gasteiger partial charge is 0.0638 e. The zero-order valence-electron chi connectivity index (χ0n) is 12.1. The van der Waals surface area contributed by atoms with Crippen molar-refractivity contribution in [2.45, 2.75) is 39.3 Å². The summed E-state index contributed by atoms with van der Waals surface area (Å²) in [5, 5.41) is 8.04. The van der Waals surface area contributed by atoms with Crippen molar-refractivity contribution in [3.05, 3.63) is 53.3 Å². The molecule has 0 bridgehead atoms. The molecular formula is C16H23N3. The van der Waals surface area contributed by atoms with Gasteiger partial charge in [0.1, 0.15) is 0 Å². The molecule has 1 unspecified atom stereocenters. The van der Waals surface area contributed by atoms with Crippen LogP contribution in [0.15, 0.2) is 36.5 Å². The SMILES string of the molecule is CCCC(NCc1cn(C)nc1C)c1ccccc1. The zero-order valence-corrected chi connectivity index (χ0v) is 12.1. The first-order valence-electron chi connectivity index (χ1n) is 6.98. The minimum atomic E-state index is 0.422. The first-order valence-corrected chi connectivity index (χ1v) is 6.98. The van der Waals surface area contributed by atoms with Gasteiger partial charge in [0.05, 0.1) is 5.69 Å². The molecule has 0 fully saturated rings. The van der Waals surface area contributed by atoms with Crippen molar-refractivity contribution in [1.82, 2.24) is 15.1 Å². The molecule has 0 aliphatic rings. The van der Waals surface area contributed by atoms with E-state index >= 15 is 0 Å². The van der Waals surface area contributed by atoms with Crippen LogP contribution >= 0.6 is 0 Å². The van der Waals surface area contributed by atoms with Crippen LogP contribution in [0.5, 0.6) is 0 Å². The third-order valence-corrected chi connectivity index (χ3v) is 3.43. The molecule has 0 radical (unpaired) electrons. The summed E-state index contributed by atoms with van der Waals surface area (Å²) < 4.78 is 1.88. The van der Waals surface area contributed by atoms with Crippen molar-refractivity contribution in [2.75, 3.05) is 0 Å². The average Bonchev–Trinajstić information content (AvgIpc) is 2.74. The van der Waals surface area contributed by atoms with Crippen LogP contribution in [0.2, 0.25) is 0 Å². The van der Waals surface area contributed by atoms with Crippen LogP contribution in [0.3, 0.4) is 0 Å². The molecule has 1 N–H and O–H groups in total. The molecule has 0 spiro atoms. The summed E-state index contributed by atoms with van der Waals surface area (Å²) in [6, 6.07) is 11.1. The molecule has 1 aromatic heterocycles. The van der Waals surface area contributed by atoms with E-state index in [4.69, 9.17) is 0 Å². The van der Waals surface area contributed by atoms with Crippen LogP contribution in [0.4, 0.5) is 0 Å². The molecule has 3 nitrogen and oxygen atoms in total. The van der Waals surface area contributed by atoms with Crippen molar-refractivity contribution >= 4 is 0 Å². The van der Waals surface area contributed by atoms with Crippen molar-refractivity contribution in [3.63, 3.8) is 0 Å². The fraction of sp³-hybridized carbons (Fsp3) is 0.438. The van der Waals surface area contributed by atoms with Gasteiger partial charge in [0, 0.05) is 31.4 Å². The number of aromatic nitrogens is 2. The average molecular weight is 257 g/mol. The predicted molar refractivity (Wildman–Crippen MR) is 78.9 cm³/mol. The summed E-state index contributed by atoms with van der Waals surface area (Å²) in [7, 11) is 1.97. The molecule has 0 aliphatic heterocycles. The molecule has 2 rings (SSSR count). The molecule has 0 saturated carbocycles. The fourth-order valence-corrected chi connectivity index (χ4v) is 2.42. The lowest BCUT2D eigenvalue weighted by Crippen LogP contribution is -2.21. The van der Waals surface area contributed by atoms with Gasteiger partial charge < -0.3 is 5.32 Å². The Bertz CT molecular complexity index is 502. The van der Waals surface area contributed by atoms with Gasteiger partial charge in [-0.2, -0.15) is 5.10 Å². The second kappa shape index (κ2) is 6.53. The topological polar surface area (TPSA) is 29.9 Å². The molecule has 0 aliphatic carbocycles. The minimum Gasteiger partial charge on any atom is -0.306 e. The third-order valence-electron chi connectivity index (χ3n) is 3.43. The van der Waals surface area contributed by atoms with Gasteiger partial charge in [-0.1, -0.05) is 43.7 Å². The summed E-state index contributed by atoms with van der Waals surface area (Å²) in [5.74, 6) is 0. The van der Waals surface area contributed by atoms with E-state index in [1.807, 2.05) is 11.7 Å². The van der Waals surface area contributed by atoms with Crippen LogP contribution in [-0.4, -0.2) is 9.78 Å². The summed E-state index contributed by atoms with van der Waals surface area (Å²) in [4.78, 5) is 0. The number of nitrogens with zero attached hydrogens (tertiary/aromatic N) is 2. The van der Waals surface area contributed by atoms with Crippen molar-refractivity contribution in [3.8, 4) is 0 Å². The number of benzene rings is 1. The van der Waals surface area contributed by atoms with Gasteiger partial charge in [-0.15, -0.1) is 0 Å². The molecular weight excluding hydrogens is 234 g/mol. The Labute approximate surface area is 115 Å². The van der Waals surface area contributed by atoms with Crippen LogP contribution in [0.1, 0.15) is 42.6 Å². The van der Waals surface area contributed by atoms with E-state index < -0.39 is 0 Å². The normalized spacial score (nSPS) is 12.6. The Kier molecular flexibility index (Phi) is 4.74. The van der Waals surface area contributed by atoms with E-state index in [0.29, 0.717) is 6.04 Å². The number of hydrogen-bond donors (Lipinski definition) is 1. The fourth-order valence-electron chi connectivity index (χ4n) is 2.42. The molecule has 1 aromatic carbocycles. The molecule has 102 valence electrons. The number of nitrogens with one attached hydrogen (secondary N) is 1. The van der Waals surface area contributed by atoms with E-state index in [0.717, 1.165) is 18.7 Å². The van der Waals surface area contributed by atoms with Gasteiger partial charge in [-0.3, -0.25) is 4.68 Å². The van der Waals surface area contributed by atoms with Gasteiger partial charge >= 0.3 is 0 Å². The van der Waals surface area contributed by atoms with Crippen molar-refractivity contribution in [1.29, 1.82) is 0 Å². The second-order valence-electron chi connectivity index (χ2n) is 5.05. The van der Waals surface area contributed by atoms with Crippen LogP contribution < -0.4 is 5.32 Å². The first kappa shape index (κ1) is 13.8. The summed E-state index contributed by atoms with van der Waals surface area (Å²) >= 11 is 0. The van der Waals surface area contributed by atoms with Gasteiger partial charge in [0.25, 0.3) is 0 Å². The lowest BCUT2D eigenvalue weighted by atomic mass is 10.0. The highest BCUT2D eigenvalue weighted by atomic mass is 15.2. The molecule has 2 aromatic rings. The third kappa shape index (κ3) is 3.67. The monoisotopic (exact) mass is 257 g/mol. The Morgan fingerprint density at radius 2 is 2.00 bits per heavy atom. The van der Waals surface area contributed by atoms with E-state index in [2.05, 4.69) is 60.8 Å². The van der Waals surface area contributed by atoms with Gasteiger partial charge in [-0.05, 0) is 18.9 Å². The molecule has 3 heteroatoms. The molecule has 0 amide bonds. The number of hydrogen-bond acceptors (Lipinski definition) is 2.